The molecule has 1 aromatic heterocycles. The predicted octanol–water partition coefficient (Wildman–Crippen LogP) is 1.42. The van der Waals surface area contributed by atoms with Gasteiger partial charge in [0.2, 0.25) is 11.8 Å². The zero-order chi connectivity index (χ0) is 12.8. The summed E-state index contributed by atoms with van der Waals surface area (Å²) in [6.07, 6.45) is 2.86. The lowest BCUT2D eigenvalue weighted by Gasteiger charge is -2.19. The summed E-state index contributed by atoms with van der Waals surface area (Å²) in [5, 5.41) is 4.84. The summed E-state index contributed by atoms with van der Waals surface area (Å²) in [4.78, 5) is 26.3. The van der Waals surface area contributed by atoms with Gasteiger partial charge in [-0.1, -0.05) is 6.07 Å². The molecule has 18 heavy (non-hydrogen) atoms. The lowest BCUT2D eigenvalue weighted by Crippen LogP contribution is -2.34. The van der Waals surface area contributed by atoms with E-state index in [-0.39, 0.29) is 11.8 Å². The third-order valence-corrected chi connectivity index (χ3v) is 4.00. The third kappa shape index (κ3) is 3.84. The molecule has 0 bridgehead atoms. The molecule has 2 amide bonds. The number of hydrogen-bond donors (Lipinski definition) is 1. The molecule has 1 saturated heterocycles. The molecule has 2 heterocycles. The van der Waals surface area contributed by atoms with E-state index < -0.39 is 0 Å². The molecular formula is C13H18N2O2S. The summed E-state index contributed by atoms with van der Waals surface area (Å²) in [6.45, 7) is 1.78. The van der Waals surface area contributed by atoms with Crippen molar-refractivity contribution in [1.82, 2.24) is 10.2 Å². The highest BCUT2D eigenvalue weighted by atomic mass is 32.1. The Labute approximate surface area is 111 Å². The largest absolute Gasteiger partial charge is 0.354 e. The molecule has 0 atom stereocenters. The SMILES string of the molecule is O=C1CCN(C(=O)CCCc2cccs2)CCN1. The minimum atomic E-state index is 0.0453. The lowest BCUT2D eigenvalue weighted by molar-refractivity contribution is -0.131. The Morgan fingerprint density at radius 1 is 1.44 bits per heavy atom. The number of aryl methyl sites for hydroxylation is 1. The molecule has 0 saturated carbocycles. The number of nitrogens with one attached hydrogen (secondary N) is 1. The zero-order valence-electron chi connectivity index (χ0n) is 10.4. The van der Waals surface area contributed by atoms with Crippen molar-refractivity contribution in [2.45, 2.75) is 25.7 Å². The number of rotatable bonds is 4. The van der Waals surface area contributed by atoms with Crippen molar-refractivity contribution in [3.8, 4) is 0 Å². The van der Waals surface area contributed by atoms with Crippen LogP contribution in [0.5, 0.6) is 0 Å². The molecule has 0 aromatic carbocycles. The lowest BCUT2D eigenvalue weighted by atomic mass is 10.2. The summed E-state index contributed by atoms with van der Waals surface area (Å²) in [7, 11) is 0. The van der Waals surface area contributed by atoms with Crippen molar-refractivity contribution in [2.75, 3.05) is 19.6 Å². The fourth-order valence-corrected chi connectivity index (χ4v) is 2.79. The van der Waals surface area contributed by atoms with Gasteiger partial charge in [0.25, 0.3) is 0 Å². The van der Waals surface area contributed by atoms with E-state index in [0.29, 0.717) is 32.5 Å². The molecule has 1 N–H and O–H groups in total. The second-order valence-electron chi connectivity index (χ2n) is 4.41. The van der Waals surface area contributed by atoms with Crippen LogP contribution in [0.2, 0.25) is 0 Å². The van der Waals surface area contributed by atoms with Crippen LogP contribution in [0.4, 0.5) is 0 Å². The molecule has 0 unspecified atom stereocenters. The first-order valence-corrected chi connectivity index (χ1v) is 7.20. The van der Waals surface area contributed by atoms with Crippen LogP contribution in [0.1, 0.15) is 24.1 Å². The van der Waals surface area contributed by atoms with E-state index in [1.807, 2.05) is 6.07 Å². The Hall–Kier alpha value is -1.36. The monoisotopic (exact) mass is 266 g/mol. The number of nitrogens with zero attached hydrogens (tertiary/aromatic N) is 1. The maximum absolute atomic E-state index is 12.0. The van der Waals surface area contributed by atoms with Gasteiger partial charge in [0.1, 0.15) is 0 Å². The number of carbonyl (C=O) groups is 2. The van der Waals surface area contributed by atoms with Crippen LogP contribution < -0.4 is 5.32 Å². The summed E-state index contributed by atoms with van der Waals surface area (Å²) in [5.74, 6) is 0.215. The topological polar surface area (TPSA) is 49.4 Å². The van der Waals surface area contributed by atoms with Gasteiger partial charge in [-0.25, -0.2) is 0 Å². The van der Waals surface area contributed by atoms with Crippen molar-refractivity contribution >= 4 is 23.2 Å². The quantitative estimate of drug-likeness (QED) is 0.896. The Balaban J connectivity index is 1.72. The minimum Gasteiger partial charge on any atom is -0.354 e. The number of hydrogen-bond acceptors (Lipinski definition) is 3. The molecule has 0 radical (unpaired) electrons. The van der Waals surface area contributed by atoms with Crippen LogP contribution >= 0.6 is 11.3 Å². The van der Waals surface area contributed by atoms with E-state index in [4.69, 9.17) is 0 Å². The van der Waals surface area contributed by atoms with Gasteiger partial charge < -0.3 is 10.2 Å². The Morgan fingerprint density at radius 2 is 2.33 bits per heavy atom. The van der Waals surface area contributed by atoms with Gasteiger partial charge in [0, 0.05) is 37.4 Å². The Morgan fingerprint density at radius 3 is 3.11 bits per heavy atom. The molecule has 1 fully saturated rings. The van der Waals surface area contributed by atoms with Gasteiger partial charge in [0.15, 0.2) is 0 Å². The fraction of sp³-hybridized carbons (Fsp3) is 0.538. The smallest absolute Gasteiger partial charge is 0.222 e. The van der Waals surface area contributed by atoms with Crippen molar-refractivity contribution < 1.29 is 9.59 Å². The second kappa shape index (κ2) is 6.54. The molecule has 0 spiro atoms. The van der Waals surface area contributed by atoms with E-state index in [9.17, 15) is 9.59 Å². The van der Waals surface area contributed by atoms with Crippen molar-refractivity contribution in [2.24, 2.45) is 0 Å². The van der Waals surface area contributed by atoms with Crippen LogP contribution in [0.15, 0.2) is 17.5 Å². The number of amides is 2. The van der Waals surface area contributed by atoms with E-state index in [0.717, 1.165) is 12.8 Å². The zero-order valence-corrected chi connectivity index (χ0v) is 11.2. The summed E-state index contributed by atoms with van der Waals surface area (Å²) < 4.78 is 0. The summed E-state index contributed by atoms with van der Waals surface area (Å²) in [6, 6.07) is 4.14. The van der Waals surface area contributed by atoms with Crippen LogP contribution in [0, 0.1) is 0 Å². The molecule has 1 aromatic rings. The molecular weight excluding hydrogens is 248 g/mol. The predicted molar refractivity (Wildman–Crippen MR) is 71.5 cm³/mol. The van der Waals surface area contributed by atoms with Gasteiger partial charge in [-0.3, -0.25) is 9.59 Å². The first kappa shape index (κ1) is 13.1. The van der Waals surface area contributed by atoms with E-state index in [1.54, 1.807) is 16.2 Å². The third-order valence-electron chi connectivity index (χ3n) is 3.06. The molecule has 0 aliphatic carbocycles. The normalized spacial score (nSPS) is 16.2. The highest BCUT2D eigenvalue weighted by Gasteiger charge is 2.17. The molecule has 98 valence electrons. The number of thiophene rings is 1. The van der Waals surface area contributed by atoms with E-state index >= 15 is 0 Å². The second-order valence-corrected chi connectivity index (χ2v) is 5.45. The molecule has 4 nitrogen and oxygen atoms in total. The van der Waals surface area contributed by atoms with E-state index in [1.165, 1.54) is 4.88 Å². The van der Waals surface area contributed by atoms with Gasteiger partial charge in [-0.15, -0.1) is 11.3 Å². The van der Waals surface area contributed by atoms with Gasteiger partial charge >= 0.3 is 0 Å². The van der Waals surface area contributed by atoms with Gasteiger partial charge in [0.05, 0.1) is 0 Å². The Kier molecular flexibility index (Phi) is 4.75. The highest BCUT2D eigenvalue weighted by Crippen LogP contribution is 2.12. The minimum absolute atomic E-state index is 0.0453. The molecule has 5 heteroatoms. The van der Waals surface area contributed by atoms with Crippen LogP contribution in [-0.4, -0.2) is 36.3 Å². The van der Waals surface area contributed by atoms with Crippen LogP contribution in [0.25, 0.3) is 0 Å². The fourth-order valence-electron chi connectivity index (χ4n) is 2.04. The first-order valence-electron chi connectivity index (χ1n) is 6.32. The van der Waals surface area contributed by atoms with Crippen molar-refractivity contribution in [1.29, 1.82) is 0 Å². The van der Waals surface area contributed by atoms with Gasteiger partial charge in [-0.05, 0) is 24.3 Å². The maximum Gasteiger partial charge on any atom is 0.222 e. The highest BCUT2D eigenvalue weighted by molar-refractivity contribution is 7.09. The van der Waals surface area contributed by atoms with E-state index in [2.05, 4.69) is 16.8 Å². The molecule has 1 aliphatic heterocycles. The average Bonchev–Trinajstić information content (AvgIpc) is 2.77. The standard InChI is InChI=1S/C13H18N2O2S/c16-12-6-8-15(9-7-14-12)13(17)5-1-3-11-4-2-10-18-11/h2,4,10H,1,3,5-9H2,(H,14,16). The summed E-state index contributed by atoms with van der Waals surface area (Å²) in [5.41, 5.74) is 0. The van der Waals surface area contributed by atoms with Crippen LogP contribution in [0.3, 0.4) is 0 Å². The molecule has 2 rings (SSSR count). The number of carbonyl (C=O) groups excluding carboxylic acids is 2. The van der Waals surface area contributed by atoms with Crippen molar-refractivity contribution in [3.05, 3.63) is 22.4 Å². The van der Waals surface area contributed by atoms with Gasteiger partial charge in [-0.2, -0.15) is 0 Å². The first-order chi connectivity index (χ1) is 8.75. The molecule has 1 aliphatic rings. The average molecular weight is 266 g/mol. The summed E-state index contributed by atoms with van der Waals surface area (Å²) >= 11 is 1.73. The van der Waals surface area contributed by atoms with Crippen molar-refractivity contribution in [3.63, 3.8) is 0 Å². The Bertz CT molecular complexity index is 403. The van der Waals surface area contributed by atoms with Crippen LogP contribution in [-0.2, 0) is 16.0 Å². The maximum atomic E-state index is 12.0.